The molecule has 6 nitrogen and oxygen atoms in total. The van der Waals surface area contributed by atoms with Gasteiger partial charge in [0.15, 0.2) is 5.13 Å². The van der Waals surface area contributed by atoms with E-state index in [1.165, 1.54) is 4.88 Å². The molecule has 0 unspecified atom stereocenters. The molecular formula is C14H20N6S. The molecule has 1 aliphatic rings. The van der Waals surface area contributed by atoms with Gasteiger partial charge in [-0.25, -0.2) is 15.0 Å². The first-order chi connectivity index (χ1) is 10.3. The number of anilines is 2. The van der Waals surface area contributed by atoms with Crippen LogP contribution in [0.5, 0.6) is 0 Å². The van der Waals surface area contributed by atoms with Crippen LogP contribution in [-0.2, 0) is 6.54 Å². The van der Waals surface area contributed by atoms with Gasteiger partial charge in [-0.05, 0) is 20.0 Å². The van der Waals surface area contributed by atoms with Gasteiger partial charge in [0.25, 0.3) is 0 Å². The van der Waals surface area contributed by atoms with Crippen molar-refractivity contribution in [1.29, 1.82) is 0 Å². The van der Waals surface area contributed by atoms with Crippen LogP contribution in [0.15, 0.2) is 18.5 Å². The van der Waals surface area contributed by atoms with E-state index < -0.39 is 0 Å². The molecule has 112 valence electrons. The number of nitrogens with zero attached hydrogens (tertiary/aromatic N) is 5. The Balaban J connectivity index is 1.64. The number of aryl methyl sites for hydroxylation is 1. The highest BCUT2D eigenvalue weighted by molar-refractivity contribution is 7.15. The highest BCUT2D eigenvalue weighted by atomic mass is 32.1. The molecule has 0 aromatic carbocycles. The Labute approximate surface area is 128 Å². The van der Waals surface area contributed by atoms with Gasteiger partial charge in [-0.3, -0.25) is 0 Å². The van der Waals surface area contributed by atoms with E-state index in [1.807, 2.05) is 13.1 Å². The maximum absolute atomic E-state index is 4.71. The minimum absolute atomic E-state index is 0.823. The number of rotatable bonds is 4. The average Bonchev–Trinajstić information content (AvgIpc) is 2.90. The third kappa shape index (κ3) is 3.14. The monoisotopic (exact) mass is 304 g/mol. The molecule has 1 saturated heterocycles. The topological polar surface area (TPSA) is 57.2 Å². The van der Waals surface area contributed by atoms with Crippen LogP contribution in [0.3, 0.4) is 0 Å². The van der Waals surface area contributed by atoms with Crippen LogP contribution in [0.25, 0.3) is 0 Å². The summed E-state index contributed by atoms with van der Waals surface area (Å²) >= 11 is 1.79. The Morgan fingerprint density at radius 2 is 1.81 bits per heavy atom. The Kier molecular flexibility index (Phi) is 4.31. The SMILES string of the molecule is CNCc1sc(N2CCN(c3ncccn3)CC2)nc1C. The molecule has 0 saturated carbocycles. The van der Waals surface area contributed by atoms with Gasteiger partial charge in [-0.15, -0.1) is 11.3 Å². The lowest BCUT2D eigenvalue weighted by molar-refractivity contribution is 0.638. The molecule has 0 atom stereocenters. The van der Waals surface area contributed by atoms with Crippen molar-refractivity contribution < 1.29 is 0 Å². The summed E-state index contributed by atoms with van der Waals surface area (Å²) in [6.45, 7) is 6.77. The summed E-state index contributed by atoms with van der Waals surface area (Å²) in [5, 5.41) is 4.33. The molecular weight excluding hydrogens is 284 g/mol. The highest BCUT2D eigenvalue weighted by Gasteiger charge is 2.21. The quantitative estimate of drug-likeness (QED) is 0.918. The second-order valence-electron chi connectivity index (χ2n) is 5.06. The van der Waals surface area contributed by atoms with Crippen molar-refractivity contribution in [2.45, 2.75) is 13.5 Å². The normalized spacial score (nSPS) is 15.5. The molecule has 0 spiro atoms. The van der Waals surface area contributed by atoms with E-state index in [1.54, 1.807) is 23.7 Å². The van der Waals surface area contributed by atoms with Crippen molar-refractivity contribution in [3.63, 3.8) is 0 Å². The van der Waals surface area contributed by atoms with Crippen LogP contribution in [-0.4, -0.2) is 48.2 Å². The van der Waals surface area contributed by atoms with Crippen LogP contribution in [0, 0.1) is 6.92 Å². The fourth-order valence-corrected chi connectivity index (χ4v) is 3.55. The first-order valence-corrected chi connectivity index (χ1v) is 7.97. The molecule has 0 aliphatic carbocycles. The summed E-state index contributed by atoms with van der Waals surface area (Å²) in [4.78, 5) is 19.2. The molecule has 0 bridgehead atoms. The maximum Gasteiger partial charge on any atom is 0.225 e. The predicted octanol–water partition coefficient (Wildman–Crippen LogP) is 1.29. The summed E-state index contributed by atoms with van der Waals surface area (Å²) in [6, 6.07) is 1.85. The number of hydrogen-bond donors (Lipinski definition) is 1. The smallest absolute Gasteiger partial charge is 0.225 e. The Morgan fingerprint density at radius 1 is 1.14 bits per heavy atom. The van der Waals surface area contributed by atoms with Crippen molar-refractivity contribution in [2.24, 2.45) is 0 Å². The van der Waals surface area contributed by atoms with Gasteiger partial charge >= 0.3 is 0 Å². The van der Waals surface area contributed by atoms with Gasteiger partial charge in [-0.2, -0.15) is 0 Å². The van der Waals surface area contributed by atoms with Crippen molar-refractivity contribution in [3.05, 3.63) is 29.0 Å². The second-order valence-corrected chi connectivity index (χ2v) is 6.12. The van der Waals surface area contributed by atoms with E-state index in [0.717, 1.165) is 49.5 Å². The van der Waals surface area contributed by atoms with E-state index in [4.69, 9.17) is 4.98 Å². The summed E-state index contributed by atoms with van der Waals surface area (Å²) in [6.07, 6.45) is 3.59. The van der Waals surface area contributed by atoms with Crippen LogP contribution in [0.1, 0.15) is 10.6 Å². The molecule has 1 aliphatic heterocycles. The molecule has 3 rings (SSSR count). The van der Waals surface area contributed by atoms with Gasteiger partial charge in [0.05, 0.1) is 5.69 Å². The molecule has 0 amide bonds. The third-order valence-electron chi connectivity index (χ3n) is 3.60. The van der Waals surface area contributed by atoms with Crippen molar-refractivity contribution in [3.8, 4) is 0 Å². The number of aromatic nitrogens is 3. The van der Waals surface area contributed by atoms with Gasteiger partial charge < -0.3 is 15.1 Å². The lowest BCUT2D eigenvalue weighted by Gasteiger charge is -2.34. The van der Waals surface area contributed by atoms with Crippen molar-refractivity contribution >= 4 is 22.4 Å². The minimum atomic E-state index is 0.823. The summed E-state index contributed by atoms with van der Waals surface area (Å²) in [5.41, 5.74) is 1.14. The summed E-state index contributed by atoms with van der Waals surface area (Å²) in [7, 11) is 1.97. The van der Waals surface area contributed by atoms with Crippen LogP contribution in [0.4, 0.5) is 11.1 Å². The molecule has 2 aromatic heterocycles. The van der Waals surface area contributed by atoms with E-state index in [2.05, 4.69) is 32.0 Å². The number of nitrogens with one attached hydrogen (secondary N) is 1. The third-order valence-corrected chi connectivity index (χ3v) is 4.82. The zero-order valence-corrected chi connectivity index (χ0v) is 13.2. The zero-order chi connectivity index (χ0) is 14.7. The lowest BCUT2D eigenvalue weighted by atomic mass is 10.3. The molecule has 7 heteroatoms. The molecule has 1 fully saturated rings. The van der Waals surface area contributed by atoms with Crippen molar-refractivity contribution in [2.75, 3.05) is 43.0 Å². The zero-order valence-electron chi connectivity index (χ0n) is 12.4. The molecule has 2 aromatic rings. The van der Waals surface area contributed by atoms with Gasteiger partial charge in [0.2, 0.25) is 5.95 Å². The second kappa shape index (κ2) is 6.36. The van der Waals surface area contributed by atoms with Gasteiger partial charge in [0.1, 0.15) is 0 Å². The fourth-order valence-electron chi connectivity index (χ4n) is 2.42. The Bertz CT molecular complexity index is 576. The predicted molar refractivity (Wildman–Crippen MR) is 86.1 cm³/mol. The highest BCUT2D eigenvalue weighted by Crippen LogP contribution is 2.27. The number of piperazine rings is 1. The lowest BCUT2D eigenvalue weighted by Crippen LogP contribution is -2.47. The minimum Gasteiger partial charge on any atom is -0.345 e. The first kappa shape index (κ1) is 14.2. The van der Waals surface area contributed by atoms with E-state index in [9.17, 15) is 0 Å². The van der Waals surface area contributed by atoms with Crippen molar-refractivity contribution in [1.82, 2.24) is 20.3 Å². The van der Waals surface area contributed by atoms with E-state index in [0.29, 0.717) is 0 Å². The number of hydrogen-bond acceptors (Lipinski definition) is 7. The average molecular weight is 304 g/mol. The Morgan fingerprint density at radius 3 is 2.48 bits per heavy atom. The largest absolute Gasteiger partial charge is 0.345 e. The summed E-state index contributed by atoms with van der Waals surface area (Å²) < 4.78 is 0. The molecule has 21 heavy (non-hydrogen) atoms. The van der Waals surface area contributed by atoms with Gasteiger partial charge in [-0.1, -0.05) is 0 Å². The van der Waals surface area contributed by atoms with Crippen LogP contribution < -0.4 is 15.1 Å². The molecule has 1 N–H and O–H groups in total. The first-order valence-electron chi connectivity index (χ1n) is 7.15. The van der Waals surface area contributed by atoms with E-state index >= 15 is 0 Å². The molecule has 0 radical (unpaired) electrons. The fraction of sp³-hybridized carbons (Fsp3) is 0.500. The Hall–Kier alpha value is -1.73. The standard InChI is InChI=1S/C14H20N6S/c1-11-12(10-15-2)21-14(18-11)20-8-6-19(7-9-20)13-16-4-3-5-17-13/h3-5,15H,6-10H2,1-2H3. The molecule has 3 heterocycles. The van der Waals surface area contributed by atoms with Crippen LogP contribution in [0.2, 0.25) is 0 Å². The van der Waals surface area contributed by atoms with E-state index in [-0.39, 0.29) is 0 Å². The maximum atomic E-state index is 4.71. The van der Waals surface area contributed by atoms with Gasteiger partial charge in [0, 0.05) is 50.0 Å². The van der Waals surface area contributed by atoms with Crippen LogP contribution >= 0.6 is 11.3 Å². The number of thiazole rings is 1. The summed E-state index contributed by atoms with van der Waals surface area (Å²) in [5.74, 6) is 0.823.